The van der Waals surface area contributed by atoms with Gasteiger partial charge in [0.1, 0.15) is 5.82 Å². The lowest BCUT2D eigenvalue weighted by atomic mass is 10.0. The van der Waals surface area contributed by atoms with Crippen molar-refractivity contribution in [3.63, 3.8) is 0 Å². The molecule has 4 aromatic rings. The Morgan fingerprint density at radius 3 is 2.74 bits per heavy atom. The van der Waals surface area contributed by atoms with E-state index in [-0.39, 0.29) is 11.4 Å². The number of amides is 1. The Morgan fingerprint density at radius 1 is 1.06 bits per heavy atom. The van der Waals surface area contributed by atoms with Crippen LogP contribution in [0.15, 0.2) is 60.9 Å². The predicted molar refractivity (Wildman–Crippen MR) is 118 cm³/mol. The molecule has 1 aliphatic rings. The Bertz CT molecular complexity index is 1250. The van der Waals surface area contributed by atoms with Gasteiger partial charge in [0.15, 0.2) is 5.69 Å². The Kier molecular flexibility index (Phi) is 5.18. The van der Waals surface area contributed by atoms with Gasteiger partial charge in [0.25, 0.3) is 5.91 Å². The van der Waals surface area contributed by atoms with Crippen LogP contribution in [0.1, 0.15) is 28.9 Å². The van der Waals surface area contributed by atoms with Crippen LogP contribution in [-0.4, -0.2) is 39.1 Å². The summed E-state index contributed by atoms with van der Waals surface area (Å²) in [6.45, 7) is 3.16. The summed E-state index contributed by atoms with van der Waals surface area (Å²) in [5.74, 6) is -0.952. The number of carbonyl (C=O) groups is 1. The number of pyridine rings is 1. The molecule has 1 fully saturated rings. The van der Waals surface area contributed by atoms with E-state index in [9.17, 15) is 9.18 Å². The van der Waals surface area contributed by atoms with Gasteiger partial charge in [-0.25, -0.2) is 4.39 Å². The van der Waals surface area contributed by atoms with Crippen LogP contribution in [0.2, 0.25) is 0 Å². The number of nitrogens with zero attached hydrogens (tertiary/aromatic N) is 3. The van der Waals surface area contributed by atoms with E-state index in [0.29, 0.717) is 5.39 Å². The molecule has 0 saturated carbocycles. The highest BCUT2D eigenvalue weighted by Crippen LogP contribution is 2.27. The molecule has 0 atom stereocenters. The van der Waals surface area contributed by atoms with Crippen molar-refractivity contribution in [2.75, 3.05) is 18.4 Å². The molecule has 0 bridgehead atoms. The van der Waals surface area contributed by atoms with E-state index in [2.05, 4.69) is 31.5 Å². The molecule has 1 saturated heterocycles. The van der Waals surface area contributed by atoms with Gasteiger partial charge in [0, 0.05) is 29.9 Å². The number of hydrogen-bond donors (Lipinski definition) is 2. The molecule has 31 heavy (non-hydrogen) atoms. The van der Waals surface area contributed by atoms with Crippen LogP contribution >= 0.6 is 0 Å². The fourth-order valence-electron chi connectivity index (χ4n) is 4.04. The van der Waals surface area contributed by atoms with Crippen LogP contribution in [0.4, 0.5) is 10.1 Å². The van der Waals surface area contributed by atoms with Crippen molar-refractivity contribution in [1.82, 2.24) is 20.1 Å². The van der Waals surface area contributed by atoms with Crippen molar-refractivity contribution in [1.29, 1.82) is 0 Å². The highest BCUT2D eigenvalue weighted by atomic mass is 19.1. The number of aromatic nitrogens is 3. The van der Waals surface area contributed by atoms with Gasteiger partial charge >= 0.3 is 0 Å². The number of carbonyl (C=O) groups excluding carboxylic acids is 1. The van der Waals surface area contributed by atoms with Gasteiger partial charge in [-0.1, -0.05) is 18.2 Å². The van der Waals surface area contributed by atoms with Crippen LogP contribution in [0.25, 0.3) is 22.0 Å². The number of nitrogens with one attached hydrogen (secondary N) is 2. The molecule has 6 nitrogen and oxygen atoms in total. The van der Waals surface area contributed by atoms with Crippen LogP contribution in [0, 0.1) is 5.82 Å². The van der Waals surface area contributed by atoms with Crippen molar-refractivity contribution in [2.45, 2.75) is 19.4 Å². The number of H-pyrrole nitrogens is 1. The zero-order valence-electron chi connectivity index (χ0n) is 16.9. The third kappa shape index (κ3) is 4.04. The molecule has 156 valence electrons. The first-order valence-electron chi connectivity index (χ1n) is 10.4. The maximum Gasteiger partial charge on any atom is 0.276 e. The maximum absolute atomic E-state index is 13.9. The van der Waals surface area contributed by atoms with E-state index < -0.39 is 11.7 Å². The lowest BCUT2D eigenvalue weighted by Crippen LogP contribution is -2.18. The van der Waals surface area contributed by atoms with Gasteiger partial charge in [0.2, 0.25) is 0 Å². The smallest absolute Gasteiger partial charge is 0.276 e. The van der Waals surface area contributed by atoms with E-state index in [1.54, 1.807) is 12.1 Å². The van der Waals surface area contributed by atoms with Crippen molar-refractivity contribution in [2.24, 2.45) is 0 Å². The number of aromatic amines is 1. The second kappa shape index (κ2) is 8.28. The molecule has 2 aromatic heterocycles. The third-order valence-electron chi connectivity index (χ3n) is 5.63. The molecule has 1 aliphatic heterocycles. The summed E-state index contributed by atoms with van der Waals surface area (Å²) < 4.78 is 13.9. The lowest BCUT2D eigenvalue weighted by molar-refractivity contribution is 0.102. The Balaban J connectivity index is 1.44. The number of halogens is 1. The SMILES string of the molecule is O=C(Nc1ccccc1F)c1n[nH]c2ccc(-c3cncc(CN4CCCC4)c3)cc12. The molecule has 2 N–H and O–H groups in total. The summed E-state index contributed by atoms with van der Waals surface area (Å²) in [6, 6.07) is 14.0. The monoisotopic (exact) mass is 415 g/mol. The molecule has 7 heteroatoms. The fourth-order valence-corrected chi connectivity index (χ4v) is 4.04. The fraction of sp³-hybridized carbons (Fsp3) is 0.208. The van der Waals surface area contributed by atoms with Gasteiger partial charge in [-0.3, -0.25) is 19.8 Å². The van der Waals surface area contributed by atoms with Gasteiger partial charge in [0.05, 0.1) is 11.2 Å². The summed E-state index contributed by atoms with van der Waals surface area (Å²) in [5, 5.41) is 10.3. The van der Waals surface area contributed by atoms with Crippen LogP contribution < -0.4 is 5.32 Å². The third-order valence-corrected chi connectivity index (χ3v) is 5.63. The number of rotatable bonds is 5. The van der Waals surface area contributed by atoms with Crippen molar-refractivity contribution < 1.29 is 9.18 Å². The summed E-state index contributed by atoms with van der Waals surface area (Å²) in [4.78, 5) is 19.6. The summed E-state index contributed by atoms with van der Waals surface area (Å²) in [5.41, 5.74) is 4.19. The van der Waals surface area contributed by atoms with Crippen LogP contribution in [0.5, 0.6) is 0 Å². The van der Waals surface area contributed by atoms with E-state index in [1.165, 1.54) is 30.5 Å². The maximum atomic E-state index is 13.9. The largest absolute Gasteiger partial charge is 0.318 e. The minimum absolute atomic E-state index is 0.124. The quantitative estimate of drug-likeness (QED) is 0.499. The second-order valence-corrected chi connectivity index (χ2v) is 7.83. The second-order valence-electron chi connectivity index (χ2n) is 7.83. The van der Waals surface area contributed by atoms with Gasteiger partial charge in [-0.2, -0.15) is 5.10 Å². The first-order valence-corrected chi connectivity index (χ1v) is 10.4. The van der Waals surface area contributed by atoms with Gasteiger partial charge < -0.3 is 5.32 Å². The average molecular weight is 415 g/mol. The zero-order valence-corrected chi connectivity index (χ0v) is 16.9. The predicted octanol–water partition coefficient (Wildman–Crippen LogP) is 4.61. The van der Waals surface area contributed by atoms with Crippen LogP contribution in [-0.2, 0) is 6.54 Å². The molecule has 0 aliphatic carbocycles. The summed E-state index contributed by atoms with van der Waals surface area (Å²) in [6.07, 6.45) is 6.24. The van der Waals surface area contributed by atoms with Gasteiger partial charge in [-0.15, -0.1) is 0 Å². The normalized spacial score (nSPS) is 14.2. The molecule has 0 unspecified atom stereocenters. The molecule has 2 aromatic carbocycles. The number of para-hydroxylation sites is 1. The van der Waals surface area contributed by atoms with Crippen molar-refractivity contribution in [3.05, 3.63) is 78.0 Å². The first-order chi connectivity index (χ1) is 15.2. The number of hydrogen-bond acceptors (Lipinski definition) is 4. The molecule has 0 spiro atoms. The Morgan fingerprint density at radius 2 is 1.90 bits per heavy atom. The zero-order chi connectivity index (χ0) is 21.2. The van der Waals surface area contributed by atoms with Gasteiger partial charge in [-0.05, 0) is 67.4 Å². The first kappa shape index (κ1) is 19.4. The summed E-state index contributed by atoms with van der Waals surface area (Å²) in [7, 11) is 0. The molecular formula is C24H22FN5O. The highest BCUT2D eigenvalue weighted by Gasteiger charge is 2.17. The van der Waals surface area contributed by atoms with E-state index >= 15 is 0 Å². The topological polar surface area (TPSA) is 73.9 Å². The summed E-state index contributed by atoms with van der Waals surface area (Å²) >= 11 is 0. The molecule has 0 radical (unpaired) electrons. The number of benzene rings is 2. The average Bonchev–Trinajstić information content (AvgIpc) is 3.45. The van der Waals surface area contributed by atoms with Crippen molar-refractivity contribution >= 4 is 22.5 Å². The minimum Gasteiger partial charge on any atom is -0.318 e. The van der Waals surface area contributed by atoms with Crippen molar-refractivity contribution in [3.8, 4) is 11.1 Å². The Hall–Kier alpha value is -3.58. The van der Waals surface area contributed by atoms with E-state index in [4.69, 9.17) is 0 Å². The molecule has 3 heterocycles. The molecule has 1 amide bonds. The molecular weight excluding hydrogens is 393 g/mol. The number of anilines is 1. The van der Waals surface area contributed by atoms with Crippen LogP contribution in [0.3, 0.4) is 0 Å². The highest BCUT2D eigenvalue weighted by molar-refractivity contribution is 6.11. The number of fused-ring (bicyclic) bond motifs is 1. The molecule has 5 rings (SSSR count). The minimum atomic E-state index is -0.489. The standard InChI is InChI=1S/C24H22FN5O/c25-20-5-1-2-6-22(20)27-24(31)23-19-12-17(7-8-21(19)28-29-23)18-11-16(13-26-14-18)15-30-9-3-4-10-30/h1-2,5-8,11-14H,3-4,9-10,15H2,(H,27,31)(H,28,29). The lowest BCUT2D eigenvalue weighted by Gasteiger charge is -2.14. The Labute approximate surface area is 179 Å². The van der Waals surface area contributed by atoms with E-state index in [1.807, 2.05) is 30.6 Å². The number of likely N-dealkylation sites (tertiary alicyclic amines) is 1. The van der Waals surface area contributed by atoms with E-state index in [0.717, 1.165) is 36.3 Å².